The average Bonchev–Trinajstić information content (AvgIpc) is 3.03. The summed E-state index contributed by atoms with van der Waals surface area (Å²) in [6.45, 7) is 4.93. The second-order valence-corrected chi connectivity index (χ2v) is 10.8. The Hall–Kier alpha value is -4.60. The summed E-state index contributed by atoms with van der Waals surface area (Å²) in [5.41, 5.74) is 11.0. The van der Waals surface area contributed by atoms with Crippen molar-refractivity contribution in [3.63, 3.8) is 0 Å². The predicted octanol–water partition coefficient (Wildman–Crippen LogP) is 4.88. The lowest BCUT2D eigenvalue weighted by molar-refractivity contribution is 0.0741. The van der Waals surface area contributed by atoms with E-state index in [1.165, 1.54) is 18.2 Å². The fourth-order valence-electron chi connectivity index (χ4n) is 5.24. The Morgan fingerprint density at radius 1 is 0.930 bits per heavy atom. The zero-order valence-electron chi connectivity index (χ0n) is 24.4. The molecule has 0 radical (unpaired) electrons. The molecular formula is C34H37FN6O2. The first-order valence-corrected chi connectivity index (χ1v) is 14.5. The molecule has 0 atom stereocenters. The monoisotopic (exact) mass is 580 g/mol. The molecule has 0 bridgehead atoms. The number of amides is 2. The van der Waals surface area contributed by atoms with Crippen LogP contribution in [0.4, 0.5) is 15.8 Å². The second-order valence-electron chi connectivity index (χ2n) is 10.8. The molecule has 0 unspecified atom stereocenters. The number of carbonyl (C=O) groups excluding carboxylic acids is 2. The number of hydrogen-bond acceptors (Lipinski definition) is 6. The van der Waals surface area contributed by atoms with E-state index in [1.54, 1.807) is 35.5 Å². The van der Waals surface area contributed by atoms with E-state index >= 15 is 0 Å². The fraction of sp³-hybridized carbons (Fsp3) is 0.265. The molecular weight excluding hydrogens is 543 g/mol. The first kappa shape index (κ1) is 29.9. The van der Waals surface area contributed by atoms with Gasteiger partial charge in [-0.05, 0) is 85.2 Å². The van der Waals surface area contributed by atoms with Gasteiger partial charge in [-0.2, -0.15) is 0 Å². The van der Waals surface area contributed by atoms with E-state index in [1.807, 2.05) is 30.3 Å². The number of benzene rings is 3. The normalized spacial score (nSPS) is 13.5. The number of anilines is 2. The van der Waals surface area contributed by atoms with E-state index in [-0.39, 0.29) is 17.4 Å². The quantitative estimate of drug-likeness (QED) is 0.278. The van der Waals surface area contributed by atoms with Crippen LogP contribution in [0.25, 0.3) is 11.1 Å². The van der Waals surface area contributed by atoms with E-state index in [0.29, 0.717) is 37.3 Å². The Labute approximate surface area is 251 Å². The van der Waals surface area contributed by atoms with Crippen LogP contribution in [-0.4, -0.2) is 72.9 Å². The standard InChI is InChI=1S/C34H37FN6O2/c1-39-16-18-40(19-17-39)32-12-11-27(22-31(32)38-33(42)28-8-3-10-30(35)21-28)26-7-2-6-25(20-26)24-41(15-5-13-36)34(43)29-9-4-14-37-23-29/h2-4,6-12,14,20-23H,5,13,15-19,24,36H2,1H3,(H,38,42). The highest BCUT2D eigenvalue weighted by molar-refractivity contribution is 6.06. The lowest BCUT2D eigenvalue weighted by Crippen LogP contribution is -2.44. The van der Waals surface area contributed by atoms with Gasteiger partial charge < -0.3 is 25.8 Å². The van der Waals surface area contributed by atoms with E-state index in [2.05, 4.69) is 39.3 Å². The summed E-state index contributed by atoms with van der Waals surface area (Å²) in [6.07, 6.45) is 3.91. The number of piperazine rings is 1. The van der Waals surface area contributed by atoms with Gasteiger partial charge in [0.1, 0.15) is 5.82 Å². The highest BCUT2D eigenvalue weighted by atomic mass is 19.1. The van der Waals surface area contributed by atoms with Crippen molar-refractivity contribution in [1.82, 2.24) is 14.8 Å². The van der Waals surface area contributed by atoms with Crippen LogP contribution in [0.2, 0.25) is 0 Å². The summed E-state index contributed by atoms with van der Waals surface area (Å²) in [5.74, 6) is -0.920. The highest BCUT2D eigenvalue weighted by Crippen LogP contribution is 2.33. The number of nitrogens with one attached hydrogen (secondary N) is 1. The summed E-state index contributed by atoms with van der Waals surface area (Å²) >= 11 is 0. The first-order chi connectivity index (χ1) is 20.9. The van der Waals surface area contributed by atoms with Crippen LogP contribution >= 0.6 is 0 Å². The molecule has 5 rings (SSSR count). The van der Waals surface area contributed by atoms with Crippen molar-refractivity contribution < 1.29 is 14.0 Å². The van der Waals surface area contributed by atoms with Gasteiger partial charge in [0.05, 0.1) is 16.9 Å². The lowest BCUT2D eigenvalue weighted by Gasteiger charge is -2.35. The van der Waals surface area contributed by atoms with E-state index in [0.717, 1.165) is 48.6 Å². The molecule has 1 saturated heterocycles. The highest BCUT2D eigenvalue weighted by Gasteiger charge is 2.20. The summed E-state index contributed by atoms with van der Waals surface area (Å²) in [7, 11) is 2.10. The third kappa shape index (κ3) is 7.63. The number of rotatable bonds is 10. The maximum absolute atomic E-state index is 13.9. The summed E-state index contributed by atoms with van der Waals surface area (Å²) in [6, 6.07) is 23.3. The molecule has 0 saturated carbocycles. The maximum atomic E-state index is 13.9. The van der Waals surface area contributed by atoms with Crippen LogP contribution in [0, 0.1) is 5.82 Å². The predicted molar refractivity (Wildman–Crippen MR) is 169 cm³/mol. The topological polar surface area (TPSA) is 94.8 Å². The van der Waals surface area contributed by atoms with Crippen molar-refractivity contribution in [2.24, 2.45) is 5.73 Å². The third-order valence-electron chi connectivity index (χ3n) is 7.64. The average molecular weight is 581 g/mol. The van der Waals surface area contributed by atoms with Crippen LogP contribution in [-0.2, 0) is 6.54 Å². The zero-order chi connectivity index (χ0) is 30.2. The number of nitrogens with zero attached hydrogens (tertiary/aromatic N) is 4. The third-order valence-corrected chi connectivity index (χ3v) is 7.64. The zero-order valence-corrected chi connectivity index (χ0v) is 24.4. The number of halogens is 1. The molecule has 2 amide bonds. The maximum Gasteiger partial charge on any atom is 0.255 e. The van der Waals surface area contributed by atoms with Gasteiger partial charge in [-0.15, -0.1) is 0 Å². The van der Waals surface area contributed by atoms with E-state index < -0.39 is 5.82 Å². The number of hydrogen-bond donors (Lipinski definition) is 2. The number of nitrogens with two attached hydrogens (primary N) is 1. The molecule has 1 aliphatic heterocycles. The molecule has 9 heteroatoms. The molecule has 3 N–H and O–H groups in total. The number of likely N-dealkylation sites (N-methyl/N-ethyl adjacent to an activating group) is 1. The molecule has 1 fully saturated rings. The summed E-state index contributed by atoms with van der Waals surface area (Å²) in [4.78, 5) is 36.9. The molecule has 3 aromatic carbocycles. The van der Waals surface area contributed by atoms with Gasteiger partial charge in [0, 0.05) is 57.2 Å². The van der Waals surface area contributed by atoms with E-state index in [9.17, 15) is 14.0 Å². The van der Waals surface area contributed by atoms with Gasteiger partial charge in [-0.1, -0.05) is 30.3 Å². The van der Waals surface area contributed by atoms with Gasteiger partial charge in [0.25, 0.3) is 11.8 Å². The first-order valence-electron chi connectivity index (χ1n) is 14.5. The van der Waals surface area contributed by atoms with Gasteiger partial charge in [0.2, 0.25) is 0 Å². The van der Waals surface area contributed by atoms with Crippen molar-refractivity contribution in [1.29, 1.82) is 0 Å². The van der Waals surface area contributed by atoms with Crippen LogP contribution in [0.3, 0.4) is 0 Å². The Kier molecular flexibility index (Phi) is 9.76. The minimum Gasteiger partial charge on any atom is -0.367 e. The Morgan fingerprint density at radius 2 is 1.70 bits per heavy atom. The van der Waals surface area contributed by atoms with E-state index in [4.69, 9.17) is 5.73 Å². The Morgan fingerprint density at radius 3 is 2.44 bits per heavy atom. The fourth-order valence-corrected chi connectivity index (χ4v) is 5.24. The molecule has 4 aromatic rings. The van der Waals surface area contributed by atoms with Crippen molar-refractivity contribution in [2.75, 3.05) is 56.5 Å². The minimum atomic E-state index is -0.458. The van der Waals surface area contributed by atoms with Crippen molar-refractivity contribution in [3.05, 3.63) is 114 Å². The van der Waals surface area contributed by atoms with Crippen molar-refractivity contribution >= 4 is 23.2 Å². The number of aromatic nitrogens is 1. The van der Waals surface area contributed by atoms with Crippen molar-refractivity contribution in [2.45, 2.75) is 13.0 Å². The lowest BCUT2D eigenvalue weighted by atomic mass is 10.0. The smallest absolute Gasteiger partial charge is 0.255 e. The van der Waals surface area contributed by atoms with Crippen LogP contribution in [0.15, 0.2) is 91.3 Å². The Balaban J connectivity index is 1.43. The second kappa shape index (κ2) is 14.0. The van der Waals surface area contributed by atoms with Gasteiger partial charge in [-0.25, -0.2) is 4.39 Å². The van der Waals surface area contributed by atoms with Gasteiger partial charge in [-0.3, -0.25) is 14.6 Å². The molecule has 8 nitrogen and oxygen atoms in total. The number of carbonyl (C=O) groups is 2. The van der Waals surface area contributed by atoms with Gasteiger partial charge >= 0.3 is 0 Å². The minimum absolute atomic E-state index is 0.0918. The van der Waals surface area contributed by atoms with Crippen LogP contribution in [0.1, 0.15) is 32.7 Å². The van der Waals surface area contributed by atoms with Gasteiger partial charge in [0.15, 0.2) is 0 Å². The molecule has 2 heterocycles. The summed E-state index contributed by atoms with van der Waals surface area (Å²) in [5, 5.41) is 3.04. The molecule has 0 spiro atoms. The SMILES string of the molecule is CN1CCN(c2ccc(-c3cccc(CN(CCCN)C(=O)c4cccnc4)c3)cc2NC(=O)c2cccc(F)c2)CC1. The molecule has 0 aliphatic carbocycles. The molecule has 43 heavy (non-hydrogen) atoms. The molecule has 1 aliphatic rings. The van der Waals surface area contributed by atoms with Crippen LogP contribution in [0.5, 0.6) is 0 Å². The molecule has 222 valence electrons. The largest absolute Gasteiger partial charge is 0.367 e. The van der Waals surface area contributed by atoms with Crippen molar-refractivity contribution in [3.8, 4) is 11.1 Å². The summed E-state index contributed by atoms with van der Waals surface area (Å²) < 4.78 is 13.9. The number of pyridine rings is 1. The Bertz CT molecular complexity index is 1560. The van der Waals surface area contributed by atoms with Crippen LogP contribution < -0.4 is 16.0 Å². The molecule has 1 aromatic heterocycles.